The van der Waals surface area contributed by atoms with Crippen molar-refractivity contribution in [2.24, 2.45) is 11.7 Å². The molecule has 0 aliphatic carbocycles. The minimum atomic E-state index is -0.155. The number of primary amides is 1. The van der Waals surface area contributed by atoms with Gasteiger partial charge < -0.3 is 10.6 Å². The minimum absolute atomic E-state index is 0.0591. The number of amides is 1. The number of nitrogens with two attached hydrogens (primary N) is 1. The third-order valence-electron chi connectivity index (χ3n) is 4.17. The molecule has 1 fully saturated rings. The van der Waals surface area contributed by atoms with Crippen molar-refractivity contribution in [1.82, 2.24) is 4.98 Å². The minimum Gasteiger partial charge on any atom is -0.369 e. The molecule has 1 aliphatic heterocycles. The monoisotopic (exact) mass is 336 g/mol. The third kappa shape index (κ3) is 3.66. The predicted molar refractivity (Wildman–Crippen MR) is 88.9 cm³/mol. The van der Waals surface area contributed by atoms with Gasteiger partial charge in [0.2, 0.25) is 5.91 Å². The molecule has 0 unspecified atom stereocenters. The van der Waals surface area contributed by atoms with E-state index in [1.165, 1.54) is 4.90 Å². The summed E-state index contributed by atoms with van der Waals surface area (Å²) in [6, 6.07) is 7.77. The van der Waals surface area contributed by atoms with E-state index in [1.54, 1.807) is 11.3 Å². The Morgan fingerprint density at radius 3 is 2.64 bits per heavy atom. The van der Waals surface area contributed by atoms with Gasteiger partial charge in [-0.05, 0) is 12.1 Å². The average molecular weight is 337 g/mol. The predicted octanol–water partition coefficient (Wildman–Crippen LogP) is 1.74. The van der Waals surface area contributed by atoms with Gasteiger partial charge in [-0.25, -0.2) is 4.98 Å². The van der Waals surface area contributed by atoms with Crippen LogP contribution in [0.4, 0.5) is 0 Å². The van der Waals surface area contributed by atoms with Gasteiger partial charge in [0.05, 0.1) is 13.1 Å². The van der Waals surface area contributed by atoms with Crippen LogP contribution in [0.3, 0.4) is 0 Å². The normalized spacial score (nSPS) is 21.7. The Bertz CT molecular complexity index is 648. The van der Waals surface area contributed by atoms with Gasteiger partial charge in [-0.1, -0.05) is 23.7 Å². The molecule has 1 aromatic heterocycles. The van der Waals surface area contributed by atoms with Crippen LogP contribution in [0.1, 0.15) is 18.5 Å². The lowest BCUT2D eigenvalue weighted by Gasteiger charge is -2.27. The molecule has 116 valence electrons. The van der Waals surface area contributed by atoms with Crippen LogP contribution in [0, 0.1) is 5.92 Å². The van der Waals surface area contributed by atoms with Crippen molar-refractivity contribution in [1.29, 1.82) is 0 Å². The first-order chi connectivity index (χ1) is 10.6. The molecule has 1 aromatic carbocycles. The highest BCUT2D eigenvalue weighted by molar-refractivity contribution is 7.13. The van der Waals surface area contributed by atoms with Crippen molar-refractivity contribution >= 4 is 28.8 Å². The van der Waals surface area contributed by atoms with E-state index >= 15 is 0 Å². The number of aromatic nitrogens is 1. The van der Waals surface area contributed by atoms with E-state index in [2.05, 4.69) is 5.38 Å². The maximum atomic E-state index is 11.2. The molecule has 0 atom stereocenters. The molecule has 0 bridgehead atoms. The number of thiazole rings is 1. The lowest BCUT2D eigenvalue weighted by atomic mass is 9.96. The molecule has 1 amide bonds. The quantitative estimate of drug-likeness (QED) is 0.893. The summed E-state index contributed by atoms with van der Waals surface area (Å²) in [5.41, 5.74) is 7.59. The molecule has 2 heterocycles. The Morgan fingerprint density at radius 2 is 2.00 bits per heavy atom. The van der Waals surface area contributed by atoms with Gasteiger partial charge in [-0.2, -0.15) is 0 Å². The fraction of sp³-hybridized carbons (Fsp3) is 0.375. The first-order valence-electron chi connectivity index (χ1n) is 7.45. The highest BCUT2D eigenvalue weighted by Gasteiger charge is 2.26. The smallest absolute Gasteiger partial charge is 0.220 e. The Balaban J connectivity index is 1.60. The number of nitrogens with one attached hydrogen (secondary N) is 1. The number of likely N-dealkylation sites (tertiary alicyclic amines) is 1. The molecule has 6 heteroatoms. The average Bonchev–Trinajstić information content (AvgIpc) is 2.97. The van der Waals surface area contributed by atoms with Crippen molar-refractivity contribution in [3.05, 3.63) is 40.4 Å². The Kier molecular flexibility index (Phi) is 4.76. The second kappa shape index (κ2) is 6.77. The van der Waals surface area contributed by atoms with E-state index in [0.29, 0.717) is 0 Å². The number of piperidine rings is 1. The molecule has 1 aliphatic rings. The van der Waals surface area contributed by atoms with E-state index in [9.17, 15) is 4.79 Å². The maximum Gasteiger partial charge on any atom is 0.220 e. The number of hydrogen-bond donors (Lipinski definition) is 2. The molecule has 0 spiro atoms. The largest absolute Gasteiger partial charge is 0.369 e. The third-order valence-corrected chi connectivity index (χ3v) is 5.36. The zero-order valence-electron chi connectivity index (χ0n) is 12.2. The summed E-state index contributed by atoms with van der Waals surface area (Å²) in [4.78, 5) is 17.4. The molecule has 0 saturated carbocycles. The SMILES string of the molecule is NC(=O)C1CC[NH+](Cc2csc(-c3ccc(Cl)cc3)n2)CC1. The summed E-state index contributed by atoms with van der Waals surface area (Å²) >= 11 is 7.57. The summed E-state index contributed by atoms with van der Waals surface area (Å²) in [5.74, 6) is -0.0958. The molecule has 22 heavy (non-hydrogen) atoms. The van der Waals surface area contributed by atoms with Crippen molar-refractivity contribution < 1.29 is 9.69 Å². The fourth-order valence-electron chi connectivity index (χ4n) is 2.86. The summed E-state index contributed by atoms with van der Waals surface area (Å²) in [6.45, 7) is 2.89. The van der Waals surface area contributed by atoms with E-state index in [4.69, 9.17) is 22.3 Å². The van der Waals surface area contributed by atoms with Crippen LogP contribution in [-0.4, -0.2) is 24.0 Å². The molecule has 4 nitrogen and oxygen atoms in total. The van der Waals surface area contributed by atoms with Gasteiger partial charge in [0.1, 0.15) is 17.2 Å². The number of carbonyl (C=O) groups is 1. The number of rotatable bonds is 4. The number of quaternary nitrogens is 1. The van der Waals surface area contributed by atoms with E-state index in [0.717, 1.165) is 53.8 Å². The second-order valence-electron chi connectivity index (χ2n) is 5.75. The highest BCUT2D eigenvalue weighted by Crippen LogP contribution is 2.24. The number of nitrogens with zero attached hydrogens (tertiary/aromatic N) is 1. The van der Waals surface area contributed by atoms with Crippen LogP contribution >= 0.6 is 22.9 Å². The maximum absolute atomic E-state index is 11.2. The van der Waals surface area contributed by atoms with Crippen LogP contribution < -0.4 is 10.6 Å². The molecule has 2 aromatic rings. The van der Waals surface area contributed by atoms with Crippen LogP contribution in [0.25, 0.3) is 10.6 Å². The number of benzene rings is 1. The van der Waals surface area contributed by atoms with Crippen LogP contribution in [-0.2, 0) is 11.3 Å². The summed E-state index contributed by atoms with van der Waals surface area (Å²) in [6.07, 6.45) is 1.78. The molecule has 0 radical (unpaired) electrons. The van der Waals surface area contributed by atoms with E-state index in [-0.39, 0.29) is 11.8 Å². The zero-order valence-corrected chi connectivity index (χ0v) is 13.8. The highest BCUT2D eigenvalue weighted by atomic mass is 35.5. The molecular weight excluding hydrogens is 318 g/mol. The van der Waals surface area contributed by atoms with Crippen molar-refractivity contribution in [3.63, 3.8) is 0 Å². The van der Waals surface area contributed by atoms with E-state index in [1.807, 2.05) is 24.3 Å². The molecular formula is C16H19ClN3OS+. The fourth-order valence-corrected chi connectivity index (χ4v) is 3.81. The summed E-state index contributed by atoms with van der Waals surface area (Å²) in [7, 11) is 0. The number of halogens is 1. The molecule has 3 rings (SSSR count). The Labute approximate surface area is 138 Å². The lowest BCUT2D eigenvalue weighted by Crippen LogP contribution is -3.11. The zero-order chi connectivity index (χ0) is 15.5. The molecule has 1 saturated heterocycles. The van der Waals surface area contributed by atoms with E-state index < -0.39 is 0 Å². The summed E-state index contributed by atoms with van der Waals surface area (Å²) < 4.78 is 0. The topological polar surface area (TPSA) is 60.4 Å². The Morgan fingerprint density at radius 1 is 1.32 bits per heavy atom. The van der Waals surface area contributed by atoms with Crippen LogP contribution in [0.5, 0.6) is 0 Å². The van der Waals surface area contributed by atoms with Crippen molar-refractivity contribution in [2.75, 3.05) is 13.1 Å². The van der Waals surface area contributed by atoms with Crippen LogP contribution in [0.2, 0.25) is 5.02 Å². The Hall–Kier alpha value is -1.43. The first-order valence-corrected chi connectivity index (χ1v) is 8.71. The first kappa shape index (κ1) is 15.5. The van der Waals surface area contributed by atoms with Gasteiger partial charge >= 0.3 is 0 Å². The van der Waals surface area contributed by atoms with Gasteiger partial charge in [0.15, 0.2) is 0 Å². The molecule has 3 N–H and O–H groups in total. The number of carbonyl (C=O) groups excluding carboxylic acids is 1. The second-order valence-corrected chi connectivity index (χ2v) is 7.05. The standard InChI is InChI=1S/C16H18ClN3OS/c17-13-3-1-12(2-4-13)16-19-14(10-22-16)9-20-7-5-11(6-8-20)15(18)21/h1-4,10-11H,5-9H2,(H2,18,21)/p+1. The van der Waals surface area contributed by atoms with Gasteiger partial charge in [-0.15, -0.1) is 11.3 Å². The summed E-state index contributed by atoms with van der Waals surface area (Å²) in [5, 5.41) is 3.89. The lowest BCUT2D eigenvalue weighted by molar-refractivity contribution is -0.919. The van der Waals surface area contributed by atoms with Crippen molar-refractivity contribution in [2.45, 2.75) is 19.4 Å². The van der Waals surface area contributed by atoms with Gasteiger partial charge in [-0.3, -0.25) is 4.79 Å². The van der Waals surface area contributed by atoms with Gasteiger partial charge in [0, 0.05) is 34.7 Å². The van der Waals surface area contributed by atoms with Crippen LogP contribution in [0.15, 0.2) is 29.6 Å². The van der Waals surface area contributed by atoms with Crippen molar-refractivity contribution in [3.8, 4) is 10.6 Å². The number of hydrogen-bond acceptors (Lipinski definition) is 3. The van der Waals surface area contributed by atoms with Gasteiger partial charge in [0.25, 0.3) is 0 Å².